The van der Waals surface area contributed by atoms with Gasteiger partial charge in [0.25, 0.3) is 9.05 Å². The van der Waals surface area contributed by atoms with Crippen LogP contribution in [0.4, 0.5) is 0 Å². The molecule has 0 radical (unpaired) electrons. The Morgan fingerprint density at radius 2 is 1.85 bits per heavy atom. The summed E-state index contributed by atoms with van der Waals surface area (Å²) >= 11 is 0. The summed E-state index contributed by atoms with van der Waals surface area (Å²) in [6, 6.07) is 6.26. The molecule has 112 valence electrons. The van der Waals surface area contributed by atoms with E-state index >= 15 is 0 Å². The van der Waals surface area contributed by atoms with Gasteiger partial charge in [0.15, 0.2) is 0 Å². The zero-order valence-electron chi connectivity index (χ0n) is 11.7. The lowest BCUT2D eigenvalue weighted by molar-refractivity contribution is -0.121. The molecule has 4 nitrogen and oxygen atoms in total. The van der Waals surface area contributed by atoms with Crippen molar-refractivity contribution < 1.29 is 13.2 Å². The number of carbonyl (C=O) groups excluding carboxylic acids is 1. The number of halogens is 1. The lowest BCUT2D eigenvalue weighted by atomic mass is 10.1. The number of benzene rings is 1. The number of amides is 1. The first-order valence-electron chi connectivity index (χ1n) is 6.59. The maximum absolute atomic E-state index is 11.6. The molecule has 0 aliphatic heterocycles. The van der Waals surface area contributed by atoms with Crippen LogP contribution in [0.3, 0.4) is 0 Å². The van der Waals surface area contributed by atoms with E-state index in [2.05, 4.69) is 19.2 Å². The van der Waals surface area contributed by atoms with Gasteiger partial charge in [-0.2, -0.15) is 0 Å². The molecule has 0 saturated carbocycles. The quantitative estimate of drug-likeness (QED) is 0.786. The van der Waals surface area contributed by atoms with Crippen molar-refractivity contribution in [1.82, 2.24) is 5.32 Å². The summed E-state index contributed by atoms with van der Waals surface area (Å²) in [6.45, 7) is 4.91. The average molecular weight is 318 g/mol. The number of carbonyl (C=O) groups is 1. The van der Waals surface area contributed by atoms with Gasteiger partial charge >= 0.3 is 0 Å². The monoisotopic (exact) mass is 317 g/mol. The van der Waals surface area contributed by atoms with Crippen molar-refractivity contribution in [3.63, 3.8) is 0 Å². The van der Waals surface area contributed by atoms with Crippen molar-refractivity contribution in [1.29, 1.82) is 0 Å². The van der Waals surface area contributed by atoms with Gasteiger partial charge in [-0.3, -0.25) is 4.79 Å². The topological polar surface area (TPSA) is 63.2 Å². The molecular weight excluding hydrogens is 298 g/mol. The molecule has 1 amide bonds. The summed E-state index contributed by atoms with van der Waals surface area (Å²) < 4.78 is 22.2. The highest BCUT2D eigenvalue weighted by Crippen LogP contribution is 2.15. The van der Waals surface area contributed by atoms with Gasteiger partial charge in [0, 0.05) is 23.6 Å². The van der Waals surface area contributed by atoms with Gasteiger partial charge in [-0.25, -0.2) is 8.42 Å². The minimum absolute atomic E-state index is 0.0136. The zero-order chi connectivity index (χ0) is 15.2. The number of nitrogens with one attached hydrogen (secondary N) is 1. The highest BCUT2D eigenvalue weighted by Gasteiger charge is 2.09. The summed E-state index contributed by atoms with van der Waals surface area (Å²) in [6.07, 6.45) is 1.94. The Morgan fingerprint density at radius 3 is 2.35 bits per heavy atom. The van der Waals surface area contributed by atoms with E-state index in [9.17, 15) is 13.2 Å². The number of hydrogen-bond acceptors (Lipinski definition) is 3. The van der Waals surface area contributed by atoms with Crippen LogP contribution in [-0.4, -0.2) is 20.9 Å². The molecule has 0 unspecified atom stereocenters. The standard InChI is InChI=1S/C14H20ClNO3S/c1-11(2)9-10-16-14(17)8-5-12-3-6-13(7-4-12)20(15,18)19/h3-4,6-7,11H,5,8-10H2,1-2H3,(H,16,17). The highest BCUT2D eigenvalue weighted by molar-refractivity contribution is 8.13. The van der Waals surface area contributed by atoms with Crippen LogP contribution in [-0.2, 0) is 20.3 Å². The Labute approximate surface area is 124 Å². The molecule has 0 atom stereocenters. The molecule has 0 fully saturated rings. The minimum atomic E-state index is -3.68. The average Bonchev–Trinajstić information content (AvgIpc) is 2.35. The second-order valence-corrected chi connectivity index (χ2v) is 7.68. The van der Waals surface area contributed by atoms with Crippen molar-refractivity contribution in [2.75, 3.05) is 6.54 Å². The summed E-state index contributed by atoms with van der Waals surface area (Å²) in [7, 11) is 1.55. The van der Waals surface area contributed by atoms with Gasteiger partial charge in [0.2, 0.25) is 5.91 Å². The largest absolute Gasteiger partial charge is 0.356 e. The van der Waals surface area contributed by atoms with Gasteiger partial charge in [-0.15, -0.1) is 0 Å². The lowest BCUT2D eigenvalue weighted by Crippen LogP contribution is -2.25. The fourth-order valence-electron chi connectivity index (χ4n) is 1.67. The summed E-state index contributed by atoms with van der Waals surface area (Å²) in [5.74, 6) is 0.583. The molecule has 1 N–H and O–H groups in total. The van der Waals surface area contributed by atoms with E-state index in [1.54, 1.807) is 12.1 Å². The predicted molar refractivity (Wildman–Crippen MR) is 80.3 cm³/mol. The van der Waals surface area contributed by atoms with Gasteiger partial charge in [-0.1, -0.05) is 26.0 Å². The normalized spacial score (nSPS) is 11.6. The summed E-state index contributed by atoms with van der Waals surface area (Å²) in [4.78, 5) is 11.7. The van der Waals surface area contributed by atoms with E-state index in [-0.39, 0.29) is 10.8 Å². The predicted octanol–water partition coefficient (Wildman–Crippen LogP) is 2.71. The van der Waals surface area contributed by atoms with Crippen LogP contribution < -0.4 is 5.32 Å². The first-order valence-corrected chi connectivity index (χ1v) is 8.90. The van der Waals surface area contributed by atoms with E-state index < -0.39 is 9.05 Å². The molecule has 1 rings (SSSR count). The molecule has 1 aromatic carbocycles. The molecule has 0 bridgehead atoms. The Hall–Kier alpha value is -1.07. The summed E-state index contributed by atoms with van der Waals surface area (Å²) in [5.41, 5.74) is 0.910. The van der Waals surface area contributed by atoms with Crippen molar-refractivity contribution >= 4 is 25.6 Å². The maximum Gasteiger partial charge on any atom is 0.261 e. The Bertz CT molecular complexity index is 538. The molecule has 0 saturated heterocycles. The van der Waals surface area contributed by atoms with E-state index in [0.29, 0.717) is 25.3 Å². The fourth-order valence-corrected chi connectivity index (χ4v) is 2.43. The Kier molecular flexibility index (Phi) is 6.49. The van der Waals surface area contributed by atoms with Crippen LogP contribution >= 0.6 is 10.7 Å². The smallest absolute Gasteiger partial charge is 0.261 e. The summed E-state index contributed by atoms with van der Waals surface area (Å²) in [5, 5.41) is 2.86. The Morgan fingerprint density at radius 1 is 1.25 bits per heavy atom. The number of aryl methyl sites for hydroxylation is 1. The van der Waals surface area contributed by atoms with Crippen molar-refractivity contribution in [2.24, 2.45) is 5.92 Å². The van der Waals surface area contributed by atoms with Crippen molar-refractivity contribution in [3.8, 4) is 0 Å². The first kappa shape index (κ1) is 17.0. The molecule has 6 heteroatoms. The zero-order valence-corrected chi connectivity index (χ0v) is 13.3. The molecule has 0 spiro atoms. The second-order valence-electron chi connectivity index (χ2n) is 5.11. The maximum atomic E-state index is 11.6. The number of hydrogen-bond donors (Lipinski definition) is 1. The van der Waals surface area contributed by atoms with Crippen LogP contribution in [0.15, 0.2) is 29.2 Å². The fraction of sp³-hybridized carbons (Fsp3) is 0.500. The van der Waals surface area contributed by atoms with E-state index in [4.69, 9.17) is 10.7 Å². The minimum Gasteiger partial charge on any atom is -0.356 e. The highest BCUT2D eigenvalue weighted by atomic mass is 35.7. The van der Waals surface area contributed by atoms with Crippen LogP contribution in [0.5, 0.6) is 0 Å². The third-order valence-electron chi connectivity index (χ3n) is 2.89. The third-order valence-corrected chi connectivity index (χ3v) is 4.26. The van der Waals surface area contributed by atoms with Gasteiger partial charge in [0.05, 0.1) is 4.90 Å². The van der Waals surface area contributed by atoms with Crippen molar-refractivity contribution in [3.05, 3.63) is 29.8 Å². The lowest BCUT2D eigenvalue weighted by Gasteiger charge is -2.07. The van der Waals surface area contributed by atoms with Crippen LogP contribution in [0.25, 0.3) is 0 Å². The van der Waals surface area contributed by atoms with Gasteiger partial charge < -0.3 is 5.32 Å². The molecule has 1 aromatic rings. The van der Waals surface area contributed by atoms with E-state index in [1.165, 1.54) is 12.1 Å². The van der Waals surface area contributed by atoms with E-state index in [1.807, 2.05) is 0 Å². The molecule has 0 heterocycles. The third kappa shape index (κ3) is 6.39. The number of rotatable bonds is 7. The van der Waals surface area contributed by atoms with E-state index in [0.717, 1.165) is 12.0 Å². The van der Waals surface area contributed by atoms with Crippen LogP contribution in [0, 0.1) is 5.92 Å². The second kappa shape index (κ2) is 7.64. The first-order chi connectivity index (χ1) is 9.29. The molecule has 0 aliphatic rings. The van der Waals surface area contributed by atoms with Crippen LogP contribution in [0.2, 0.25) is 0 Å². The Balaban J connectivity index is 2.40. The SMILES string of the molecule is CC(C)CCNC(=O)CCc1ccc(S(=O)(=O)Cl)cc1. The van der Waals surface area contributed by atoms with Gasteiger partial charge in [-0.05, 0) is 36.5 Å². The molecule has 20 heavy (non-hydrogen) atoms. The molecule has 0 aliphatic carbocycles. The van der Waals surface area contributed by atoms with Crippen molar-refractivity contribution in [2.45, 2.75) is 38.0 Å². The molecular formula is C14H20ClNO3S. The van der Waals surface area contributed by atoms with Crippen LogP contribution in [0.1, 0.15) is 32.3 Å². The molecule has 0 aromatic heterocycles. The van der Waals surface area contributed by atoms with Gasteiger partial charge in [0.1, 0.15) is 0 Å².